The molecule has 14 heavy (non-hydrogen) atoms. The van der Waals surface area contributed by atoms with Gasteiger partial charge in [0.05, 0.1) is 19.4 Å². The standard InChI is InChI=1S/C8H13NO3S2/c1-12-7(10)2-3-9-8(11)6-4-13-14-5-6/h6H,2-5H2,1H3,(H,9,11). The Bertz CT molecular complexity index is 217. The van der Waals surface area contributed by atoms with Gasteiger partial charge in [-0.05, 0) is 0 Å². The monoisotopic (exact) mass is 235 g/mol. The van der Waals surface area contributed by atoms with Crippen LogP contribution in [-0.2, 0) is 14.3 Å². The Morgan fingerprint density at radius 1 is 1.43 bits per heavy atom. The highest BCUT2D eigenvalue weighted by Gasteiger charge is 2.23. The molecule has 0 saturated carbocycles. The first-order valence-corrected chi connectivity index (χ1v) is 6.81. The Morgan fingerprint density at radius 3 is 2.64 bits per heavy atom. The Labute approximate surface area is 90.9 Å². The summed E-state index contributed by atoms with van der Waals surface area (Å²) in [6, 6.07) is 0. The van der Waals surface area contributed by atoms with E-state index in [1.54, 1.807) is 21.6 Å². The molecule has 0 spiro atoms. The lowest BCUT2D eigenvalue weighted by molar-refractivity contribution is -0.140. The molecule has 1 amide bonds. The molecule has 0 atom stereocenters. The van der Waals surface area contributed by atoms with Crippen molar-refractivity contribution in [2.75, 3.05) is 25.2 Å². The van der Waals surface area contributed by atoms with Crippen LogP contribution in [-0.4, -0.2) is 37.0 Å². The number of nitrogens with one attached hydrogen (secondary N) is 1. The molecule has 0 radical (unpaired) electrons. The van der Waals surface area contributed by atoms with Crippen molar-refractivity contribution >= 4 is 33.5 Å². The second kappa shape index (κ2) is 6.19. The van der Waals surface area contributed by atoms with Crippen molar-refractivity contribution in [2.45, 2.75) is 6.42 Å². The largest absolute Gasteiger partial charge is 0.469 e. The first-order chi connectivity index (χ1) is 6.74. The van der Waals surface area contributed by atoms with Gasteiger partial charge in [-0.25, -0.2) is 0 Å². The van der Waals surface area contributed by atoms with Crippen LogP contribution < -0.4 is 5.32 Å². The summed E-state index contributed by atoms with van der Waals surface area (Å²) in [5.41, 5.74) is 0. The molecule has 80 valence electrons. The zero-order valence-corrected chi connectivity index (χ0v) is 9.58. The Hall–Kier alpha value is -0.360. The van der Waals surface area contributed by atoms with Gasteiger partial charge in [-0.2, -0.15) is 0 Å². The van der Waals surface area contributed by atoms with E-state index in [2.05, 4.69) is 10.1 Å². The van der Waals surface area contributed by atoms with E-state index in [4.69, 9.17) is 0 Å². The molecule has 0 aliphatic carbocycles. The average Bonchev–Trinajstić information content (AvgIpc) is 2.70. The maximum atomic E-state index is 11.4. The van der Waals surface area contributed by atoms with Gasteiger partial charge < -0.3 is 10.1 Å². The van der Waals surface area contributed by atoms with Crippen molar-refractivity contribution in [1.82, 2.24) is 5.32 Å². The van der Waals surface area contributed by atoms with Gasteiger partial charge in [-0.15, -0.1) is 0 Å². The minimum atomic E-state index is -0.291. The SMILES string of the molecule is COC(=O)CCNC(=O)C1CSSC1. The topological polar surface area (TPSA) is 55.4 Å². The summed E-state index contributed by atoms with van der Waals surface area (Å²) in [6.45, 7) is 0.372. The van der Waals surface area contributed by atoms with Gasteiger partial charge in [0.25, 0.3) is 0 Å². The van der Waals surface area contributed by atoms with Crippen LogP contribution in [0.1, 0.15) is 6.42 Å². The van der Waals surface area contributed by atoms with Gasteiger partial charge in [0.1, 0.15) is 0 Å². The molecule has 1 rings (SSSR count). The summed E-state index contributed by atoms with van der Waals surface area (Å²) in [5, 5.41) is 2.72. The van der Waals surface area contributed by atoms with Crippen molar-refractivity contribution < 1.29 is 14.3 Å². The Morgan fingerprint density at radius 2 is 2.07 bits per heavy atom. The molecule has 1 aliphatic heterocycles. The molecule has 1 N–H and O–H groups in total. The van der Waals surface area contributed by atoms with E-state index in [-0.39, 0.29) is 24.2 Å². The second-order valence-electron chi connectivity index (χ2n) is 2.88. The fourth-order valence-corrected chi connectivity index (χ4v) is 3.77. The smallest absolute Gasteiger partial charge is 0.307 e. The van der Waals surface area contributed by atoms with Gasteiger partial charge in [0, 0.05) is 18.1 Å². The van der Waals surface area contributed by atoms with Gasteiger partial charge in [-0.3, -0.25) is 9.59 Å². The van der Waals surface area contributed by atoms with Crippen LogP contribution in [0.15, 0.2) is 0 Å². The molecule has 1 aliphatic rings. The van der Waals surface area contributed by atoms with Crippen molar-refractivity contribution in [3.8, 4) is 0 Å². The highest BCUT2D eigenvalue weighted by molar-refractivity contribution is 8.77. The van der Waals surface area contributed by atoms with E-state index in [0.717, 1.165) is 11.5 Å². The molecule has 0 bridgehead atoms. The third-order valence-electron chi connectivity index (χ3n) is 1.85. The van der Waals surface area contributed by atoms with Crippen molar-refractivity contribution in [2.24, 2.45) is 5.92 Å². The van der Waals surface area contributed by atoms with Crippen LogP contribution in [0, 0.1) is 5.92 Å². The molecule has 0 aromatic rings. The quantitative estimate of drug-likeness (QED) is 0.573. The second-order valence-corrected chi connectivity index (χ2v) is 5.44. The average molecular weight is 235 g/mol. The van der Waals surface area contributed by atoms with Crippen LogP contribution >= 0.6 is 21.6 Å². The summed E-state index contributed by atoms with van der Waals surface area (Å²) in [4.78, 5) is 22.2. The lowest BCUT2D eigenvalue weighted by atomic mass is 10.2. The van der Waals surface area contributed by atoms with E-state index in [0.29, 0.717) is 6.54 Å². The molecule has 1 saturated heterocycles. The van der Waals surface area contributed by atoms with Gasteiger partial charge in [0.15, 0.2) is 0 Å². The van der Waals surface area contributed by atoms with E-state index in [9.17, 15) is 9.59 Å². The normalized spacial score (nSPS) is 16.6. The van der Waals surface area contributed by atoms with Gasteiger partial charge in [-0.1, -0.05) is 21.6 Å². The predicted molar refractivity (Wildman–Crippen MR) is 58.0 cm³/mol. The summed E-state index contributed by atoms with van der Waals surface area (Å²) in [6.07, 6.45) is 0.245. The van der Waals surface area contributed by atoms with Crippen LogP contribution in [0.5, 0.6) is 0 Å². The molecule has 1 heterocycles. The third-order valence-corrected chi connectivity index (χ3v) is 4.41. The number of hydrogen-bond donors (Lipinski definition) is 1. The number of amides is 1. The zero-order valence-electron chi connectivity index (χ0n) is 7.95. The molecule has 0 aromatic carbocycles. The number of esters is 1. The van der Waals surface area contributed by atoms with Crippen LogP contribution in [0.3, 0.4) is 0 Å². The minimum absolute atomic E-state index is 0.0476. The molecule has 1 fully saturated rings. The van der Waals surface area contributed by atoms with Gasteiger partial charge >= 0.3 is 5.97 Å². The van der Waals surface area contributed by atoms with Crippen LogP contribution in [0.4, 0.5) is 0 Å². The Kier molecular flexibility index (Phi) is 5.17. The first-order valence-electron chi connectivity index (χ1n) is 4.33. The fourth-order valence-electron chi connectivity index (χ4n) is 0.994. The molecule has 0 aromatic heterocycles. The van der Waals surface area contributed by atoms with E-state index in [1.165, 1.54) is 7.11 Å². The lowest BCUT2D eigenvalue weighted by Crippen LogP contribution is -2.33. The number of carbonyl (C=O) groups excluding carboxylic acids is 2. The van der Waals surface area contributed by atoms with E-state index in [1.807, 2.05) is 0 Å². The summed E-state index contributed by atoms with van der Waals surface area (Å²) < 4.78 is 4.46. The number of hydrogen-bond acceptors (Lipinski definition) is 5. The summed E-state index contributed by atoms with van der Waals surface area (Å²) in [7, 11) is 4.78. The summed E-state index contributed by atoms with van der Waals surface area (Å²) in [5.74, 6) is 1.60. The number of ether oxygens (including phenoxy) is 1. The number of carbonyl (C=O) groups is 2. The highest BCUT2D eigenvalue weighted by atomic mass is 33.1. The first kappa shape index (κ1) is 11.7. The third kappa shape index (κ3) is 3.79. The van der Waals surface area contributed by atoms with Crippen molar-refractivity contribution in [3.63, 3.8) is 0 Å². The predicted octanol–water partition coefficient (Wildman–Crippen LogP) is 0.677. The minimum Gasteiger partial charge on any atom is -0.469 e. The van der Waals surface area contributed by atoms with Crippen molar-refractivity contribution in [1.29, 1.82) is 0 Å². The number of rotatable bonds is 4. The molecule has 6 heteroatoms. The van der Waals surface area contributed by atoms with Gasteiger partial charge in [0.2, 0.25) is 5.91 Å². The summed E-state index contributed by atoms with van der Waals surface area (Å²) >= 11 is 0. The number of methoxy groups -OCH3 is 1. The maximum absolute atomic E-state index is 11.4. The van der Waals surface area contributed by atoms with Crippen LogP contribution in [0.2, 0.25) is 0 Å². The molecule has 4 nitrogen and oxygen atoms in total. The fraction of sp³-hybridized carbons (Fsp3) is 0.750. The Balaban J connectivity index is 2.11. The lowest BCUT2D eigenvalue weighted by Gasteiger charge is -2.08. The molecule has 0 unspecified atom stereocenters. The molecular formula is C8H13NO3S2. The van der Waals surface area contributed by atoms with Crippen LogP contribution in [0.25, 0.3) is 0 Å². The van der Waals surface area contributed by atoms with E-state index < -0.39 is 0 Å². The zero-order chi connectivity index (χ0) is 10.4. The highest BCUT2D eigenvalue weighted by Crippen LogP contribution is 2.34. The molecular weight excluding hydrogens is 222 g/mol. The van der Waals surface area contributed by atoms with Crippen molar-refractivity contribution in [3.05, 3.63) is 0 Å². The maximum Gasteiger partial charge on any atom is 0.307 e. The van der Waals surface area contributed by atoms with E-state index >= 15 is 0 Å².